The predicted molar refractivity (Wildman–Crippen MR) is 84.1 cm³/mol. The van der Waals surface area contributed by atoms with E-state index in [1.807, 2.05) is 6.07 Å². The van der Waals surface area contributed by atoms with Gasteiger partial charge < -0.3 is 16.0 Å². The zero-order chi connectivity index (χ0) is 15.1. The number of carbonyl (C=O) groups is 1. The fraction of sp³-hybridized carbons (Fsp3) is 0.533. The number of nitrogens with one attached hydrogen (secondary N) is 1. The minimum Gasteiger partial charge on any atom is -0.366 e. The van der Waals surface area contributed by atoms with Crippen LogP contribution in [0.4, 0.5) is 0 Å². The number of hydrogen-bond acceptors (Lipinski definition) is 3. The predicted octanol–water partition coefficient (Wildman–Crippen LogP) is 2.26. The fourth-order valence-corrected chi connectivity index (χ4v) is 2.31. The van der Waals surface area contributed by atoms with E-state index in [4.69, 9.17) is 17.3 Å². The van der Waals surface area contributed by atoms with Crippen molar-refractivity contribution in [1.82, 2.24) is 10.2 Å². The van der Waals surface area contributed by atoms with Gasteiger partial charge in [0, 0.05) is 29.7 Å². The molecule has 1 aromatic rings. The molecule has 1 amide bonds. The quantitative estimate of drug-likeness (QED) is 0.774. The number of halogens is 1. The Morgan fingerprint density at radius 1 is 1.40 bits per heavy atom. The first-order valence-electron chi connectivity index (χ1n) is 7.01. The van der Waals surface area contributed by atoms with Crippen LogP contribution in [0.5, 0.6) is 0 Å². The summed E-state index contributed by atoms with van der Waals surface area (Å²) in [5.74, 6) is -0.457. The summed E-state index contributed by atoms with van der Waals surface area (Å²) < 4.78 is 0. The summed E-state index contributed by atoms with van der Waals surface area (Å²) in [5.41, 5.74) is 6.64. The Kier molecular flexibility index (Phi) is 6.99. The third-order valence-electron chi connectivity index (χ3n) is 3.41. The molecule has 0 aromatic heterocycles. The van der Waals surface area contributed by atoms with Gasteiger partial charge in [-0.2, -0.15) is 0 Å². The van der Waals surface area contributed by atoms with Gasteiger partial charge in [-0.1, -0.05) is 31.5 Å². The van der Waals surface area contributed by atoms with Crippen molar-refractivity contribution in [3.05, 3.63) is 34.3 Å². The van der Waals surface area contributed by atoms with Gasteiger partial charge in [0.1, 0.15) is 0 Å². The van der Waals surface area contributed by atoms with Crippen molar-refractivity contribution in [3.8, 4) is 0 Å². The van der Waals surface area contributed by atoms with Gasteiger partial charge in [-0.15, -0.1) is 0 Å². The molecule has 0 spiro atoms. The van der Waals surface area contributed by atoms with E-state index in [1.165, 1.54) is 0 Å². The molecular weight excluding hydrogens is 274 g/mol. The van der Waals surface area contributed by atoms with E-state index >= 15 is 0 Å². The lowest BCUT2D eigenvalue weighted by molar-refractivity contribution is 0.100. The average molecular weight is 298 g/mol. The maximum Gasteiger partial charge on any atom is 0.248 e. The van der Waals surface area contributed by atoms with Crippen LogP contribution in [0.2, 0.25) is 5.02 Å². The standard InChI is InChI=1S/C15H24ClN3O/c1-4-19(5-2)10-11(3)18-9-13-7-6-12(15(17)20)8-14(13)16/h6-8,11,18H,4-5,9-10H2,1-3H3,(H2,17,20). The Balaban J connectivity index is 2.55. The van der Waals surface area contributed by atoms with Crippen LogP contribution in [-0.2, 0) is 6.54 Å². The number of likely N-dealkylation sites (N-methyl/N-ethyl adjacent to an activating group) is 1. The topological polar surface area (TPSA) is 58.4 Å². The fourth-order valence-electron chi connectivity index (χ4n) is 2.06. The number of hydrogen-bond donors (Lipinski definition) is 2. The Hall–Kier alpha value is -1.10. The van der Waals surface area contributed by atoms with Gasteiger partial charge in [0.25, 0.3) is 0 Å². The molecule has 1 aromatic carbocycles. The van der Waals surface area contributed by atoms with E-state index in [2.05, 4.69) is 31.0 Å². The van der Waals surface area contributed by atoms with Crippen LogP contribution < -0.4 is 11.1 Å². The smallest absolute Gasteiger partial charge is 0.248 e. The molecule has 1 unspecified atom stereocenters. The van der Waals surface area contributed by atoms with Crippen molar-refractivity contribution in [2.75, 3.05) is 19.6 Å². The Morgan fingerprint density at radius 2 is 2.05 bits per heavy atom. The second kappa shape index (κ2) is 8.25. The second-order valence-corrected chi connectivity index (χ2v) is 5.35. The number of carbonyl (C=O) groups excluding carboxylic acids is 1. The van der Waals surface area contributed by atoms with Gasteiger partial charge in [0.05, 0.1) is 0 Å². The van der Waals surface area contributed by atoms with Gasteiger partial charge in [0.15, 0.2) is 0 Å². The molecule has 4 nitrogen and oxygen atoms in total. The molecule has 1 atom stereocenters. The second-order valence-electron chi connectivity index (χ2n) is 4.94. The van der Waals surface area contributed by atoms with E-state index in [1.54, 1.807) is 12.1 Å². The summed E-state index contributed by atoms with van der Waals surface area (Å²) in [6.07, 6.45) is 0. The van der Waals surface area contributed by atoms with Crippen molar-refractivity contribution in [2.45, 2.75) is 33.4 Å². The molecule has 5 heteroatoms. The van der Waals surface area contributed by atoms with Crippen LogP contribution in [-0.4, -0.2) is 36.5 Å². The highest BCUT2D eigenvalue weighted by atomic mass is 35.5. The molecule has 20 heavy (non-hydrogen) atoms. The highest BCUT2D eigenvalue weighted by Crippen LogP contribution is 2.17. The molecule has 0 aliphatic rings. The lowest BCUT2D eigenvalue weighted by atomic mass is 10.1. The third-order valence-corrected chi connectivity index (χ3v) is 3.76. The minimum absolute atomic E-state index is 0.377. The number of nitrogens with two attached hydrogens (primary N) is 1. The summed E-state index contributed by atoms with van der Waals surface area (Å²) in [4.78, 5) is 13.4. The zero-order valence-electron chi connectivity index (χ0n) is 12.4. The zero-order valence-corrected chi connectivity index (χ0v) is 13.2. The number of rotatable bonds is 8. The van der Waals surface area contributed by atoms with Crippen LogP contribution in [0.1, 0.15) is 36.7 Å². The molecule has 3 N–H and O–H groups in total. The van der Waals surface area contributed by atoms with E-state index in [0.717, 1.165) is 25.2 Å². The van der Waals surface area contributed by atoms with Crippen LogP contribution in [0, 0.1) is 0 Å². The maximum atomic E-state index is 11.1. The van der Waals surface area contributed by atoms with Crippen molar-refractivity contribution < 1.29 is 4.79 Å². The normalized spacial score (nSPS) is 12.7. The molecule has 0 saturated carbocycles. The molecule has 0 aliphatic heterocycles. The first kappa shape index (κ1) is 17.0. The number of amides is 1. The monoisotopic (exact) mass is 297 g/mol. The molecule has 0 fully saturated rings. The summed E-state index contributed by atoms with van der Waals surface area (Å²) in [6, 6.07) is 5.55. The van der Waals surface area contributed by atoms with Gasteiger partial charge in [-0.3, -0.25) is 4.79 Å². The number of nitrogens with zero attached hydrogens (tertiary/aromatic N) is 1. The number of benzene rings is 1. The minimum atomic E-state index is -0.457. The molecule has 1 rings (SSSR count). The van der Waals surface area contributed by atoms with Gasteiger partial charge >= 0.3 is 0 Å². The SMILES string of the molecule is CCN(CC)CC(C)NCc1ccc(C(N)=O)cc1Cl. The first-order chi connectivity index (χ1) is 9.47. The molecule has 112 valence electrons. The van der Waals surface area contributed by atoms with E-state index in [9.17, 15) is 4.79 Å². The molecule has 0 heterocycles. The van der Waals surface area contributed by atoms with E-state index in [0.29, 0.717) is 23.2 Å². The van der Waals surface area contributed by atoms with Crippen LogP contribution in [0.25, 0.3) is 0 Å². The molecular formula is C15H24ClN3O. The molecule has 0 saturated heterocycles. The Labute approximate surface area is 126 Å². The Morgan fingerprint density at radius 3 is 2.55 bits per heavy atom. The molecule has 0 radical (unpaired) electrons. The summed E-state index contributed by atoms with van der Waals surface area (Å²) in [7, 11) is 0. The number of primary amides is 1. The summed E-state index contributed by atoms with van der Waals surface area (Å²) in [6.45, 7) is 10.3. The van der Waals surface area contributed by atoms with Crippen LogP contribution in [0.3, 0.4) is 0 Å². The van der Waals surface area contributed by atoms with E-state index in [-0.39, 0.29) is 0 Å². The Bertz CT molecular complexity index is 447. The van der Waals surface area contributed by atoms with Gasteiger partial charge in [-0.05, 0) is 37.7 Å². The lowest BCUT2D eigenvalue weighted by Gasteiger charge is -2.23. The first-order valence-corrected chi connectivity index (χ1v) is 7.39. The van der Waals surface area contributed by atoms with Crippen LogP contribution in [0.15, 0.2) is 18.2 Å². The lowest BCUT2D eigenvalue weighted by Crippen LogP contribution is -2.38. The van der Waals surface area contributed by atoms with Gasteiger partial charge in [-0.25, -0.2) is 0 Å². The average Bonchev–Trinajstić information content (AvgIpc) is 2.43. The largest absolute Gasteiger partial charge is 0.366 e. The van der Waals surface area contributed by atoms with Crippen LogP contribution >= 0.6 is 11.6 Å². The van der Waals surface area contributed by atoms with Gasteiger partial charge in [0.2, 0.25) is 5.91 Å². The van der Waals surface area contributed by atoms with Crippen molar-refractivity contribution in [3.63, 3.8) is 0 Å². The van der Waals surface area contributed by atoms with Crippen molar-refractivity contribution in [2.24, 2.45) is 5.73 Å². The van der Waals surface area contributed by atoms with Crippen molar-refractivity contribution >= 4 is 17.5 Å². The molecule has 0 bridgehead atoms. The highest BCUT2D eigenvalue weighted by Gasteiger charge is 2.09. The highest BCUT2D eigenvalue weighted by molar-refractivity contribution is 6.31. The molecule has 0 aliphatic carbocycles. The summed E-state index contributed by atoms with van der Waals surface area (Å²) >= 11 is 6.16. The maximum absolute atomic E-state index is 11.1. The van der Waals surface area contributed by atoms with E-state index < -0.39 is 5.91 Å². The third kappa shape index (κ3) is 5.12. The van der Waals surface area contributed by atoms with Crippen molar-refractivity contribution in [1.29, 1.82) is 0 Å². The summed E-state index contributed by atoms with van der Waals surface area (Å²) in [5, 5.41) is 4.02.